The van der Waals surface area contributed by atoms with Gasteiger partial charge in [-0.2, -0.15) is 5.26 Å². The van der Waals surface area contributed by atoms with Gasteiger partial charge in [-0.25, -0.2) is 19.2 Å². The molecule has 126 valence electrons. The molecule has 1 aromatic carbocycles. The Kier molecular flexibility index (Phi) is 4.37. The van der Waals surface area contributed by atoms with Crippen LogP contribution < -0.4 is 11.2 Å². The molecule has 0 bridgehead atoms. The molecule has 0 amide bonds. The monoisotopic (exact) mass is 357 g/mol. The van der Waals surface area contributed by atoms with E-state index in [0.717, 1.165) is 16.3 Å². The average Bonchev–Trinajstić information content (AvgIpc) is 2.62. The van der Waals surface area contributed by atoms with E-state index in [1.54, 1.807) is 6.07 Å². The van der Waals surface area contributed by atoms with Gasteiger partial charge in [0.05, 0.1) is 11.8 Å². The van der Waals surface area contributed by atoms with Crippen molar-refractivity contribution in [1.29, 1.82) is 5.26 Å². The Bertz CT molecular complexity index is 1150. The van der Waals surface area contributed by atoms with Crippen molar-refractivity contribution in [2.45, 2.75) is 5.03 Å². The van der Waals surface area contributed by atoms with Crippen LogP contribution in [0.5, 0.6) is 0 Å². The largest absolute Gasteiger partial charge is 0.332 e. The zero-order valence-corrected chi connectivity index (χ0v) is 14.2. The van der Waals surface area contributed by atoms with E-state index >= 15 is 0 Å². The highest BCUT2D eigenvalue weighted by atomic mass is 32.2. The molecule has 0 aliphatic carbocycles. The third-order valence-electron chi connectivity index (χ3n) is 3.62. The van der Waals surface area contributed by atoms with Gasteiger partial charge < -0.3 is 0 Å². The van der Waals surface area contributed by atoms with E-state index in [1.165, 1.54) is 36.9 Å². The summed E-state index contributed by atoms with van der Waals surface area (Å²) in [5.74, 6) is -0.207. The molecule has 25 heavy (non-hydrogen) atoms. The quantitative estimate of drug-likeness (QED) is 0.520. The number of hydrogen-bond acceptors (Lipinski definition) is 6. The number of benzene rings is 1. The van der Waals surface area contributed by atoms with Crippen LogP contribution in [-0.2, 0) is 14.1 Å². The minimum atomic E-state index is -0.538. The molecule has 0 unspecified atom stereocenters. The van der Waals surface area contributed by atoms with Crippen molar-refractivity contribution in [2.75, 3.05) is 5.75 Å². The van der Waals surface area contributed by atoms with Crippen LogP contribution in [0.25, 0.3) is 22.4 Å². The molecule has 2 heterocycles. The molecule has 0 radical (unpaired) electrons. The summed E-state index contributed by atoms with van der Waals surface area (Å²) in [6, 6.07) is 7.67. The van der Waals surface area contributed by atoms with Crippen LogP contribution in [0.3, 0.4) is 0 Å². The van der Waals surface area contributed by atoms with Gasteiger partial charge in [0.2, 0.25) is 0 Å². The summed E-state index contributed by atoms with van der Waals surface area (Å²) in [5, 5.41) is 9.28. The topological polar surface area (TPSA) is 93.6 Å². The predicted molar refractivity (Wildman–Crippen MR) is 91.8 cm³/mol. The van der Waals surface area contributed by atoms with Crippen LogP contribution in [-0.4, -0.2) is 24.9 Å². The molecule has 2 aromatic heterocycles. The van der Waals surface area contributed by atoms with Crippen molar-refractivity contribution in [1.82, 2.24) is 19.1 Å². The summed E-state index contributed by atoms with van der Waals surface area (Å²) in [4.78, 5) is 33.3. The third-order valence-corrected chi connectivity index (χ3v) is 4.47. The maximum Gasteiger partial charge on any atom is 0.332 e. The average molecular weight is 357 g/mol. The second-order valence-electron chi connectivity index (χ2n) is 5.21. The van der Waals surface area contributed by atoms with Crippen molar-refractivity contribution < 1.29 is 4.39 Å². The van der Waals surface area contributed by atoms with Crippen molar-refractivity contribution in [3.8, 4) is 17.5 Å². The van der Waals surface area contributed by atoms with Gasteiger partial charge in [0.15, 0.2) is 11.5 Å². The standard InChI is InChI=1S/C16H12FN5O2S/c1-21-13-11(15(23)22(2)16(21)24)14(25-7-6-18)20-12(19-13)9-4-3-5-10(17)8-9/h3-5,8H,7H2,1-2H3. The second-order valence-corrected chi connectivity index (χ2v) is 6.18. The van der Waals surface area contributed by atoms with Crippen molar-refractivity contribution in [3.63, 3.8) is 0 Å². The maximum absolute atomic E-state index is 13.5. The van der Waals surface area contributed by atoms with Gasteiger partial charge in [0, 0.05) is 19.7 Å². The molecule has 0 aliphatic rings. The molecule has 0 spiro atoms. The van der Waals surface area contributed by atoms with Crippen LogP contribution in [0.2, 0.25) is 0 Å². The number of fused-ring (bicyclic) bond motifs is 1. The molecule has 0 atom stereocenters. The molecule has 0 saturated heterocycles. The first kappa shape index (κ1) is 16.9. The lowest BCUT2D eigenvalue weighted by molar-refractivity contribution is 0.628. The molecule has 3 rings (SSSR count). The van der Waals surface area contributed by atoms with E-state index in [9.17, 15) is 14.0 Å². The molecule has 0 fully saturated rings. The Morgan fingerprint density at radius 3 is 2.68 bits per heavy atom. The molecule has 7 nitrogen and oxygen atoms in total. The molecule has 0 aliphatic heterocycles. The first-order valence-electron chi connectivity index (χ1n) is 7.17. The summed E-state index contributed by atoms with van der Waals surface area (Å²) in [5.41, 5.74) is -0.515. The van der Waals surface area contributed by atoms with Gasteiger partial charge in [-0.15, -0.1) is 0 Å². The Labute approximate surface area is 145 Å². The van der Waals surface area contributed by atoms with Gasteiger partial charge in [-0.3, -0.25) is 13.9 Å². The Hall–Kier alpha value is -2.99. The highest BCUT2D eigenvalue weighted by molar-refractivity contribution is 7.99. The summed E-state index contributed by atoms with van der Waals surface area (Å²) in [6.07, 6.45) is 0. The lowest BCUT2D eigenvalue weighted by Crippen LogP contribution is -2.37. The van der Waals surface area contributed by atoms with Crippen LogP contribution >= 0.6 is 11.8 Å². The summed E-state index contributed by atoms with van der Waals surface area (Å²) < 4.78 is 15.7. The Balaban J connectivity index is 2.41. The molecular weight excluding hydrogens is 345 g/mol. The van der Waals surface area contributed by atoms with Gasteiger partial charge in [-0.1, -0.05) is 23.9 Å². The van der Waals surface area contributed by atoms with E-state index in [-0.39, 0.29) is 27.6 Å². The smallest absolute Gasteiger partial charge is 0.280 e. The minimum Gasteiger partial charge on any atom is -0.280 e. The van der Waals surface area contributed by atoms with Crippen molar-refractivity contribution in [3.05, 3.63) is 50.9 Å². The number of halogens is 1. The Morgan fingerprint density at radius 2 is 2.00 bits per heavy atom. The van der Waals surface area contributed by atoms with Crippen molar-refractivity contribution in [2.24, 2.45) is 14.1 Å². The van der Waals surface area contributed by atoms with Gasteiger partial charge in [0.25, 0.3) is 5.56 Å². The fourth-order valence-electron chi connectivity index (χ4n) is 2.39. The fourth-order valence-corrected chi connectivity index (χ4v) is 3.07. The van der Waals surface area contributed by atoms with E-state index in [4.69, 9.17) is 5.26 Å². The molecule has 9 heteroatoms. The van der Waals surface area contributed by atoms with E-state index < -0.39 is 17.1 Å². The zero-order valence-electron chi connectivity index (χ0n) is 13.4. The first-order valence-corrected chi connectivity index (χ1v) is 8.16. The number of aryl methyl sites for hydroxylation is 1. The van der Waals surface area contributed by atoms with E-state index in [2.05, 4.69) is 9.97 Å². The Morgan fingerprint density at radius 1 is 1.24 bits per heavy atom. The number of thioether (sulfide) groups is 1. The molecular formula is C16H12FN5O2S. The summed E-state index contributed by atoms with van der Waals surface area (Å²) in [6.45, 7) is 0. The van der Waals surface area contributed by atoms with Gasteiger partial charge >= 0.3 is 5.69 Å². The van der Waals surface area contributed by atoms with Crippen LogP contribution in [0.15, 0.2) is 38.9 Å². The zero-order chi connectivity index (χ0) is 18.1. The van der Waals surface area contributed by atoms with Crippen LogP contribution in [0.4, 0.5) is 4.39 Å². The highest BCUT2D eigenvalue weighted by Gasteiger charge is 2.18. The third kappa shape index (κ3) is 2.92. The van der Waals surface area contributed by atoms with Gasteiger partial charge in [0.1, 0.15) is 16.2 Å². The van der Waals surface area contributed by atoms with Crippen LogP contribution in [0.1, 0.15) is 0 Å². The lowest BCUT2D eigenvalue weighted by atomic mass is 10.2. The van der Waals surface area contributed by atoms with Crippen LogP contribution in [0, 0.1) is 17.1 Å². The lowest BCUT2D eigenvalue weighted by Gasteiger charge is -2.11. The van der Waals surface area contributed by atoms with Gasteiger partial charge in [-0.05, 0) is 12.1 Å². The van der Waals surface area contributed by atoms with E-state index in [0.29, 0.717) is 5.56 Å². The van der Waals surface area contributed by atoms with Crippen molar-refractivity contribution >= 4 is 22.8 Å². The fraction of sp³-hybridized carbons (Fsp3) is 0.188. The second kappa shape index (κ2) is 6.49. The maximum atomic E-state index is 13.5. The highest BCUT2D eigenvalue weighted by Crippen LogP contribution is 2.26. The number of hydrogen-bond donors (Lipinski definition) is 0. The minimum absolute atomic E-state index is 0.0701. The van der Waals surface area contributed by atoms with E-state index in [1.807, 2.05) is 6.07 Å². The number of rotatable bonds is 3. The number of nitriles is 1. The molecule has 0 N–H and O–H groups in total. The predicted octanol–water partition coefficient (Wildman–Crippen LogP) is 1.45. The summed E-state index contributed by atoms with van der Waals surface area (Å²) in [7, 11) is 2.86. The normalized spacial score (nSPS) is 10.8. The molecule has 3 aromatic rings. The summed E-state index contributed by atoms with van der Waals surface area (Å²) >= 11 is 1.07. The molecule has 0 saturated carbocycles. The first-order chi connectivity index (χ1) is 11.9. The number of aromatic nitrogens is 4. The SMILES string of the molecule is Cn1c(=O)c2c(SCC#N)nc(-c3cccc(F)c3)nc2n(C)c1=O. The number of nitrogens with zero attached hydrogens (tertiary/aromatic N) is 5.